The Morgan fingerprint density at radius 3 is 2.78 bits per heavy atom. The Morgan fingerprint density at radius 1 is 1.30 bits per heavy atom. The van der Waals surface area contributed by atoms with E-state index in [0.29, 0.717) is 17.5 Å². The van der Waals surface area contributed by atoms with E-state index in [9.17, 15) is 4.79 Å². The Hall–Kier alpha value is -2.61. The zero-order valence-corrected chi connectivity index (χ0v) is 16.1. The normalized spacial score (nSPS) is 13.7. The molecule has 0 bridgehead atoms. The average molecular weight is 383 g/mol. The molecule has 2 aromatic heterocycles. The summed E-state index contributed by atoms with van der Waals surface area (Å²) in [5, 5.41) is 16.1. The number of thioether (sulfide) groups is 1. The minimum Gasteiger partial charge on any atom is -0.338 e. The van der Waals surface area contributed by atoms with Crippen LogP contribution in [0.15, 0.2) is 40.0 Å². The summed E-state index contributed by atoms with van der Waals surface area (Å²) < 4.78 is 7.33. The first kappa shape index (κ1) is 17.8. The molecule has 1 amide bonds. The smallest absolute Gasteiger partial charge is 0.237 e. The summed E-state index contributed by atoms with van der Waals surface area (Å²) in [6, 6.07) is 9.71. The van der Waals surface area contributed by atoms with E-state index >= 15 is 0 Å². The SMILES string of the molecule is CCn1c(SCC(=O)Nc2cc(-c3ccc(C)cc3)no2)nnc1C1CC1. The van der Waals surface area contributed by atoms with Crippen molar-refractivity contribution >= 4 is 23.6 Å². The molecule has 0 saturated heterocycles. The molecule has 1 saturated carbocycles. The third kappa shape index (κ3) is 4.05. The fraction of sp³-hybridized carbons (Fsp3) is 0.368. The number of aryl methyl sites for hydroxylation is 1. The lowest BCUT2D eigenvalue weighted by Crippen LogP contribution is -2.14. The van der Waals surface area contributed by atoms with Gasteiger partial charge in [-0.2, -0.15) is 0 Å². The molecule has 2 heterocycles. The lowest BCUT2D eigenvalue weighted by molar-refractivity contribution is -0.113. The van der Waals surface area contributed by atoms with Gasteiger partial charge in [-0.1, -0.05) is 46.7 Å². The fourth-order valence-corrected chi connectivity index (χ4v) is 3.66. The van der Waals surface area contributed by atoms with Crippen LogP contribution < -0.4 is 5.32 Å². The van der Waals surface area contributed by atoms with Crippen LogP contribution in [0.1, 0.15) is 37.1 Å². The quantitative estimate of drug-likeness (QED) is 0.623. The Balaban J connectivity index is 1.35. The highest BCUT2D eigenvalue weighted by Crippen LogP contribution is 2.40. The number of aromatic nitrogens is 4. The topological polar surface area (TPSA) is 85.8 Å². The van der Waals surface area contributed by atoms with Gasteiger partial charge >= 0.3 is 0 Å². The maximum atomic E-state index is 12.3. The van der Waals surface area contributed by atoms with Gasteiger partial charge in [0, 0.05) is 24.1 Å². The van der Waals surface area contributed by atoms with Gasteiger partial charge in [-0.15, -0.1) is 10.2 Å². The number of hydrogen-bond donors (Lipinski definition) is 1. The molecule has 1 aliphatic carbocycles. The lowest BCUT2D eigenvalue weighted by atomic mass is 10.1. The summed E-state index contributed by atoms with van der Waals surface area (Å²) in [7, 11) is 0. The second kappa shape index (κ2) is 7.56. The van der Waals surface area contributed by atoms with E-state index in [1.807, 2.05) is 31.2 Å². The molecular formula is C19H21N5O2S. The van der Waals surface area contributed by atoms with Crippen molar-refractivity contribution in [1.82, 2.24) is 19.9 Å². The van der Waals surface area contributed by atoms with E-state index in [4.69, 9.17) is 4.52 Å². The summed E-state index contributed by atoms with van der Waals surface area (Å²) in [6.07, 6.45) is 2.36. The Kier molecular flexibility index (Phi) is 4.98. The largest absolute Gasteiger partial charge is 0.338 e. The van der Waals surface area contributed by atoms with Crippen LogP contribution in [0.25, 0.3) is 11.3 Å². The second-order valence-corrected chi connectivity index (χ2v) is 7.58. The van der Waals surface area contributed by atoms with Gasteiger partial charge in [0.25, 0.3) is 0 Å². The van der Waals surface area contributed by atoms with Crippen LogP contribution in [0.2, 0.25) is 0 Å². The molecule has 140 valence electrons. The molecule has 0 radical (unpaired) electrons. The first-order chi connectivity index (χ1) is 13.1. The van der Waals surface area contributed by atoms with Crippen molar-refractivity contribution in [2.45, 2.75) is 44.3 Å². The van der Waals surface area contributed by atoms with Crippen molar-refractivity contribution in [2.75, 3.05) is 11.1 Å². The monoisotopic (exact) mass is 383 g/mol. The Morgan fingerprint density at radius 2 is 2.07 bits per heavy atom. The van der Waals surface area contributed by atoms with Crippen molar-refractivity contribution in [2.24, 2.45) is 0 Å². The standard InChI is InChI=1S/C19H21N5O2S/c1-3-24-18(14-8-9-14)21-22-19(24)27-11-16(25)20-17-10-15(23-26-17)13-6-4-12(2)5-7-13/h4-7,10,14H,3,8-9,11H2,1-2H3,(H,20,25). The molecule has 1 aliphatic rings. The fourth-order valence-electron chi connectivity index (χ4n) is 2.85. The zero-order valence-electron chi connectivity index (χ0n) is 15.3. The molecule has 4 rings (SSSR count). The van der Waals surface area contributed by atoms with Crippen LogP contribution in [0, 0.1) is 6.92 Å². The van der Waals surface area contributed by atoms with Gasteiger partial charge in [0.15, 0.2) is 5.16 Å². The van der Waals surface area contributed by atoms with Crippen LogP contribution >= 0.6 is 11.8 Å². The highest BCUT2D eigenvalue weighted by atomic mass is 32.2. The van der Waals surface area contributed by atoms with Gasteiger partial charge in [-0.25, -0.2) is 0 Å². The summed E-state index contributed by atoms with van der Waals surface area (Å²) in [5.74, 6) is 1.99. The first-order valence-electron chi connectivity index (χ1n) is 9.03. The zero-order chi connectivity index (χ0) is 18.8. The maximum absolute atomic E-state index is 12.3. The van der Waals surface area contributed by atoms with E-state index in [1.54, 1.807) is 6.07 Å². The summed E-state index contributed by atoms with van der Waals surface area (Å²) in [4.78, 5) is 12.3. The van der Waals surface area contributed by atoms with Crippen molar-refractivity contribution in [1.29, 1.82) is 0 Å². The minimum atomic E-state index is -0.162. The molecule has 8 heteroatoms. The molecule has 1 N–H and O–H groups in total. The van der Waals surface area contributed by atoms with Gasteiger partial charge in [0.2, 0.25) is 11.8 Å². The van der Waals surface area contributed by atoms with E-state index in [2.05, 4.69) is 32.2 Å². The summed E-state index contributed by atoms with van der Waals surface area (Å²) in [5.41, 5.74) is 2.82. The van der Waals surface area contributed by atoms with E-state index in [1.165, 1.54) is 30.2 Å². The number of rotatable bonds is 7. The molecule has 0 spiro atoms. The molecule has 1 aromatic carbocycles. The maximum Gasteiger partial charge on any atom is 0.237 e. The van der Waals surface area contributed by atoms with Crippen molar-refractivity contribution in [3.8, 4) is 11.3 Å². The predicted octanol–water partition coefficient (Wildman–Crippen LogP) is 3.87. The molecule has 27 heavy (non-hydrogen) atoms. The summed E-state index contributed by atoms with van der Waals surface area (Å²) >= 11 is 1.39. The van der Waals surface area contributed by atoms with E-state index in [-0.39, 0.29) is 11.7 Å². The predicted molar refractivity (Wildman–Crippen MR) is 104 cm³/mol. The third-order valence-corrected chi connectivity index (χ3v) is 5.42. The van der Waals surface area contributed by atoms with Crippen LogP contribution in [-0.2, 0) is 11.3 Å². The number of hydrogen-bond acceptors (Lipinski definition) is 6. The van der Waals surface area contributed by atoms with Crippen LogP contribution in [0.3, 0.4) is 0 Å². The number of carbonyl (C=O) groups excluding carboxylic acids is 1. The van der Waals surface area contributed by atoms with Crippen molar-refractivity contribution in [3.63, 3.8) is 0 Å². The Bertz CT molecular complexity index is 943. The van der Waals surface area contributed by atoms with Crippen molar-refractivity contribution in [3.05, 3.63) is 41.7 Å². The number of carbonyl (C=O) groups is 1. The van der Waals surface area contributed by atoms with Gasteiger partial charge in [0.1, 0.15) is 11.5 Å². The van der Waals surface area contributed by atoms with Crippen LogP contribution in [0.4, 0.5) is 5.88 Å². The molecule has 0 atom stereocenters. The van der Waals surface area contributed by atoms with Gasteiger partial charge in [-0.05, 0) is 26.7 Å². The minimum absolute atomic E-state index is 0.162. The number of nitrogens with one attached hydrogen (secondary N) is 1. The lowest BCUT2D eigenvalue weighted by Gasteiger charge is -2.06. The highest BCUT2D eigenvalue weighted by Gasteiger charge is 2.30. The highest BCUT2D eigenvalue weighted by molar-refractivity contribution is 7.99. The molecule has 0 unspecified atom stereocenters. The number of benzene rings is 1. The Labute approximate surface area is 161 Å². The second-order valence-electron chi connectivity index (χ2n) is 6.64. The number of amides is 1. The van der Waals surface area contributed by atoms with E-state index < -0.39 is 0 Å². The summed E-state index contributed by atoms with van der Waals surface area (Å²) in [6.45, 7) is 4.91. The number of anilines is 1. The van der Waals surface area contributed by atoms with Crippen LogP contribution in [0.5, 0.6) is 0 Å². The van der Waals surface area contributed by atoms with E-state index in [0.717, 1.165) is 23.1 Å². The van der Waals surface area contributed by atoms with Gasteiger partial charge < -0.3 is 9.09 Å². The molecule has 0 aliphatic heterocycles. The molecule has 1 fully saturated rings. The average Bonchev–Trinajstić information content (AvgIpc) is 3.26. The molecule has 7 nitrogen and oxygen atoms in total. The third-order valence-electron chi connectivity index (χ3n) is 4.46. The molecular weight excluding hydrogens is 362 g/mol. The molecule has 3 aromatic rings. The van der Waals surface area contributed by atoms with Gasteiger partial charge in [0.05, 0.1) is 5.75 Å². The number of nitrogens with zero attached hydrogens (tertiary/aromatic N) is 4. The van der Waals surface area contributed by atoms with Crippen molar-refractivity contribution < 1.29 is 9.32 Å². The van der Waals surface area contributed by atoms with Gasteiger partial charge in [-0.3, -0.25) is 10.1 Å². The first-order valence-corrected chi connectivity index (χ1v) is 10.0. The van der Waals surface area contributed by atoms with Crippen LogP contribution in [-0.4, -0.2) is 31.6 Å².